The zero-order valence-corrected chi connectivity index (χ0v) is 13.1. The second kappa shape index (κ2) is 5.81. The van der Waals surface area contributed by atoms with Gasteiger partial charge in [0.1, 0.15) is 10.8 Å². The van der Waals surface area contributed by atoms with E-state index in [9.17, 15) is 4.79 Å². The van der Waals surface area contributed by atoms with Crippen molar-refractivity contribution in [2.45, 2.75) is 20.0 Å². The molecule has 2 aromatic heterocycles. The quantitative estimate of drug-likeness (QED) is 0.802. The maximum absolute atomic E-state index is 11.6. The van der Waals surface area contributed by atoms with Crippen LogP contribution in [0, 0.1) is 0 Å². The van der Waals surface area contributed by atoms with Gasteiger partial charge in [0.2, 0.25) is 0 Å². The van der Waals surface area contributed by atoms with Gasteiger partial charge in [-0.1, -0.05) is 23.7 Å². The van der Waals surface area contributed by atoms with Crippen molar-refractivity contribution < 1.29 is 0 Å². The summed E-state index contributed by atoms with van der Waals surface area (Å²) < 4.78 is 2.15. The summed E-state index contributed by atoms with van der Waals surface area (Å²) in [6, 6.07) is 8.02. The molecule has 0 saturated carbocycles. The van der Waals surface area contributed by atoms with E-state index in [-0.39, 0.29) is 5.02 Å². The lowest BCUT2D eigenvalue weighted by atomic mass is 10.3. The highest BCUT2D eigenvalue weighted by atomic mass is 35.5. The fraction of sp³-hybridized carbons (Fsp3) is 0.267. The lowest BCUT2D eigenvalue weighted by Gasteiger charge is -2.19. The molecule has 0 radical (unpaired) electrons. The zero-order valence-electron chi connectivity index (χ0n) is 12.4. The van der Waals surface area contributed by atoms with E-state index in [0.29, 0.717) is 12.2 Å². The van der Waals surface area contributed by atoms with Crippen molar-refractivity contribution in [1.29, 1.82) is 0 Å². The summed E-state index contributed by atoms with van der Waals surface area (Å²) in [5.74, 6) is 0.919. The predicted molar refractivity (Wildman–Crippen MR) is 87.4 cm³/mol. The lowest BCUT2D eigenvalue weighted by Crippen LogP contribution is -2.23. The number of halogens is 1. The maximum atomic E-state index is 11.6. The third kappa shape index (κ3) is 2.46. The molecule has 6 nitrogen and oxygen atoms in total. The van der Waals surface area contributed by atoms with Gasteiger partial charge in [0, 0.05) is 13.6 Å². The second-order valence-corrected chi connectivity index (χ2v) is 5.39. The summed E-state index contributed by atoms with van der Waals surface area (Å²) in [7, 11) is 1.86. The summed E-state index contributed by atoms with van der Waals surface area (Å²) in [6.07, 6.45) is 1.54. The number of aromatic nitrogens is 4. The molecule has 114 valence electrons. The summed E-state index contributed by atoms with van der Waals surface area (Å²) in [6.45, 7) is 3.44. The van der Waals surface area contributed by atoms with Crippen molar-refractivity contribution in [3.63, 3.8) is 0 Å². The second-order valence-electron chi connectivity index (χ2n) is 5.02. The minimum absolute atomic E-state index is 0.136. The number of fused-ring (bicyclic) bond motifs is 1. The van der Waals surface area contributed by atoms with Crippen LogP contribution in [0.5, 0.6) is 0 Å². The topological polar surface area (TPSA) is 66.8 Å². The Labute approximate surface area is 132 Å². The van der Waals surface area contributed by atoms with E-state index in [1.165, 1.54) is 0 Å². The number of aromatic amines is 1. The molecule has 0 aliphatic carbocycles. The third-order valence-corrected chi connectivity index (χ3v) is 3.98. The number of para-hydroxylation sites is 2. The number of rotatable bonds is 4. The van der Waals surface area contributed by atoms with E-state index >= 15 is 0 Å². The normalized spacial score (nSPS) is 11.0. The number of H-pyrrole nitrogens is 1. The van der Waals surface area contributed by atoms with Gasteiger partial charge >= 0.3 is 0 Å². The molecule has 0 aliphatic rings. The first-order chi connectivity index (χ1) is 10.6. The number of anilines is 1. The van der Waals surface area contributed by atoms with Gasteiger partial charge in [-0.25, -0.2) is 10.1 Å². The molecule has 3 aromatic rings. The van der Waals surface area contributed by atoms with Gasteiger partial charge < -0.3 is 9.47 Å². The Hall–Kier alpha value is -2.34. The fourth-order valence-electron chi connectivity index (χ4n) is 2.54. The fourth-order valence-corrected chi connectivity index (χ4v) is 2.77. The Morgan fingerprint density at radius 3 is 2.91 bits per heavy atom. The average Bonchev–Trinajstić information content (AvgIpc) is 2.86. The molecule has 0 amide bonds. The van der Waals surface area contributed by atoms with Gasteiger partial charge in [0.15, 0.2) is 0 Å². The number of benzene rings is 1. The van der Waals surface area contributed by atoms with Crippen LogP contribution in [0.2, 0.25) is 5.02 Å². The molecule has 0 fully saturated rings. The molecule has 3 rings (SSSR count). The largest absolute Gasteiger partial charge is 0.364 e. The molecule has 2 heterocycles. The molecular weight excluding hydrogens is 302 g/mol. The van der Waals surface area contributed by atoms with Gasteiger partial charge in [-0.2, -0.15) is 5.10 Å². The monoisotopic (exact) mass is 317 g/mol. The minimum atomic E-state index is -0.394. The van der Waals surface area contributed by atoms with Gasteiger partial charge in [0.25, 0.3) is 5.56 Å². The molecule has 1 aromatic carbocycles. The molecule has 0 spiro atoms. The Morgan fingerprint density at radius 1 is 1.36 bits per heavy atom. The molecule has 7 heteroatoms. The number of hydrogen-bond donors (Lipinski definition) is 1. The van der Waals surface area contributed by atoms with E-state index in [2.05, 4.69) is 32.7 Å². The first-order valence-electron chi connectivity index (χ1n) is 7.00. The standard InChI is InChI=1S/C15H16ClN5O/c1-3-21-11-7-5-4-6-10(11)18-13(21)9-20(2)12-8-17-19-15(22)14(12)16/h4-8H,3,9H2,1-2H3,(H,19,22). The summed E-state index contributed by atoms with van der Waals surface area (Å²) in [5, 5.41) is 6.26. The van der Waals surface area contributed by atoms with Gasteiger partial charge in [0.05, 0.1) is 29.5 Å². The average molecular weight is 318 g/mol. The van der Waals surface area contributed by atoms with Crippen molar-refractivity contribution in [2.75, 3.05) is 11.9 Å². The van der Waals surface area contributed by atoms with Crippen LogP contribution in [0.4, 0.5) is 5.69 Å². The Morgan fingerprint density at radius 2 is 2.14 bits per heavy atom. The van der Waals surface area contributed by atoms with Crippen molar-refractivity contribution in [3.05, 3.63) is 51.7 Å². The van der Waals surface area contributed by atoms with Crippen molar-refractivity contribution in [3.8, 4) is 0 Å². The Balaban J connectivity index is 1.99. The first kappa shape index (κ1) is 14.6. The molecule has 0 aliphatic heterocycles. The maximum Gasteiger partial charge on any atom is 0.285 e. The van der Waals surface area contributed by atoms with Gasteiger partial charge in [-0.15, -0.1) is 0 Å². The molecule has 1 N–H and O–H groups in total. The molecule has 0 unspecified atom stereocenters. The highest BCUT2D eigenvalue weighted by Gasteiger charge is 2.14. The summed E-state index contributed by atoms with van der Waals surface area (Å²) in [4.78, 5) is 18.1. The number of imidazole rings is 1. The van der Waals surface area contributed by atoms with Crippen LogP contribution in [0.15, 0.2) is 35.3 Å². The van der Waals surface area contributed by atoms with E-state index in [1.54, 1.807) is 6.20 Å². The van der Waals surface area contributed by atoms with Crippen LogP contribution in [0.1, 0.15) is 12.7 Å². The minimum Gasteiger partial charge on any atom is -0.364 e. The molecule has 0 atom stereocenters. The summed E-state index contributed by atoms with van der Waals surface area (Å²) >= 11 is 6.05. The first-order valence-corrected chi connectivity index (χ1v) is 7.38. The van der Waals surface area contributed by atoms with Gasteiger partial charge in [-0.05, 0) is 19.1 Å². The molecule has 0 saturated heterocycles. The number of aryl methyl sites for hydroxylation is 1. The smallest absolute Gasteiger partial charge is 0.285 e. The summed E-state index contributed by atoms with van der Waals surface area (Å²) in [5.41, 5.74) is 2.25. The van der Waals surface area contributed by atoms with Crippen molar-refractivity contribution in [1.82, 2.24) is 19.7 Å². The third-order valence-electron chi connectivity index (χ3n) is 3.62. The molecule has 0 bridgehead atoms. The molecule has 22 heavy (non-hydrogen) atoms. The highest BCUT2D eigenvalue weighted by Crippen LogP contribution is 2.22. The predicted octanol–water partition coefficient (Wildman–Crippen LogP) is 2.43. The van der Waals surface area contributed by atoms with Crippen LogP contribution < -0.4 is 10.5 Å². The van der Waals surface area contributed by atoms with Crippen LogP contribution in [0.3, 0.4) is 0 Å². The SMILES string of the molecule is CCn1c(CN(C)c2cn[nH]c(=O)c2Cl)nc2ccccc21. The molecular formula is C15H16ClN5O. The lowest BCUT2D eigenvalue weighted by molar-refractivity contribution is 0.701. The Kier molecular flexibility index (Phi) is 3.85. The van der Waals surface area contributed by atoms with Crippen LogP contribution in [0.25, 0.3) is 11.0 Å². The zero-order chi connectivity index (χ0) is 15.7. The van der Waals surface area contributed by atoms with Crippen molar-refractivity contribution >= 4 is 28.3 Å². The van der Waals surface area contributed by atoms with Gasteiger partial charge in [-0.3, -0.25) is 4.79 Å². The number of nitrogens with zero attached hydrogens (tertiary/aromatic N) is 4. The van der Waals surface area contributed by atoms with E-state index in [0.717, 1.165) is 23.4 Å². The highest BCUT2D eigenvalue weighted by molar-refractivity contribution is 6.32. The Bertz CT molecular complexity index is 870. The number of nitrogens with one attached hydrogen (secondary N) is 1. The van der Waals surface area contributed by atoms with Crippen LogP contribution in [-0.4, -0.2) is 26.8 Å². The van der Waals surface area contributed by atoms with Crippen LogP contribution in [-0.2, 0) is 13.1 Å². The van der Waals surface area contributed by atoms with E-state index in [4.69, 9.17) is 11.6 Å². The number of hydrogen-bond acceptors (Lipinski definition) is 4. The van der Waals surface area contributed by atoms with E-state index in [1.807, 2.05) is 30.1 Å². The van der Waals surface area contributed by atoms with Crippen molar-refractivity contribution in [2.24, 2.45) is 0 Å². The van der Waals surface area contributed by atoms with Crippen LogP contribution >= 0.6 is 11.6 Å². The van der Waals surface area contributed by atoms with E-state index < -0.39 is 5.56 Å².